The van der Waals surface area contributed by atoms with Gasteiger partial charge in [0.25, 0.3) is 0 Å². The van der Waals surface area contributed by atoms with Crippen molar-refractivity contribution in [3.63, 3.8) is 0 Å². The standard InChI is InChI=1S/C11H15N/c1-11(2,3)9-6-8-4-5-12-10(8)7-9/h4-6,12H,7H2,1-3H3. The van der Waals surface area contributed by atoms with Gasteiger partial charge in [0.05, 0.1) is 0 Å². The molecule has 1 nitrogen and oxygen atoms in total. The predicted molar refractivity (Wildman–Crippen MR) is 51.9 cm³/mol. The van der Waals surface area contributed by atoms with E-state index in [0.29, 0.717) is 5.41 Å². The monoisotopic (exact) mass is 161 g/mol. The Kier molecular flexibility index (Phi) is 1.44. The molecular weight excluding hydrogens is 146 g/mol. The molecular formula is C11H15N. The van der Waals surface area contributed by atoms with E-state index in [4.69, 9.17) is 0 Å². The number of aromatic nitrogens is 1. The van der Waals surface area contributed by atoms with Gasteiger partial charge in [-0.25, -0.2) is 0 Å². The van der Waals surface area contributed by atoms with E-state index in [1.807, 2.05) is 6.20 Å². The van der Waals surface area contributed by atoms with Gasteiger partial charge >= 0.3 is 0 Å². The van der Waals surface area contributed by atoms with Crippen LogP contribution >= 0.6 is 0 Å². The zero-order valence-corrected chi connectivity index (χ0v) is 7.94. The van der Waals surface area contributed by atoms with Gasteiger partial charge in [-0.05, 0) is 17.0 Å². The maximum absolute atomic E-state index is 3.27. The number of rotatable bonds is 0. The van der Waals surface area contributed by atoms with Gasteiger partial charge in [0.15, 0.2) is 0 Å². The summed E-state index contributed by atoms with van der Waals surface area (Å²) >= 11 is 0. The van der Waals surface area contributed by atoms with Crippen molar-refractivity contribution in [2.24, 2.45) is 5.41 Å². The minimum Gasteiger partial charge on any atom is -0.364 e. The van der Waals surface area contributed by atoms with Crippen molar-refractivity contribution in [2.45, 2.75) is 27.2 Å². The third kappa shape index (κ3) is 1.09. The van der Waals surface area contributed by atoms with Crippen LogP contribution in [0.15, 0.2) is 17.8 Å². The number of hydrogen-bond donors (Lipinski definition) is 1. The Morgan fingerprint density at radius 2 is 2.08 bits per heavy atom. The highest BCUT2D eigenvalue weighted by atomic mass is 14.7. The van der Waals surface area contributed by atoms with Crippen LogP contribution in [0.1, 0.15) is 32.0 Å². The van der Waals surface area contributed by atoms with E-state index in [1.165, 1.54) is 16.8 Å². The second-order valence-corrected chi connectivity index (χ2v) is 4.51. The van der Waals surface area contributed by atoms with Gasteiger partial charge in [-0.2, -0.15) is 0 Å². The van der Waals surface area contributed by atoms with E-state index >= 15 is 0 Å². The molecule has 1 heteroatoms. The topological polar surface area (TPSA) is 15.8 Å². The van der Waals surface area contributed by atoms with E-state index < -0.39 is 0 Å². The van der Waals surface area contributed by atoms with Crippen LogP contribution in [0.25, 0.3) is 6.08 Å². The fourth-order valence-corrected chi connectivity index (χ4v) is 1.62. The SMILES string of the molecule is CC(C)(C)C1=Cc2cc[nH]c2C1. The molecule has 1 aliphatic rings. The third-order valence-corrected chi connectivity index (χ3v) is 2.53. The first-order chi connectivity index (χ1) is 5.57. The van der Waals surface area contributed by atoms with Crippen LogP contribution in [0.2, 0.25) is 0 Å². The first kappa shape index (κ1) is 7.66. The number of hydrogen-bond acceptors (Lipinski definition) is 0. The van der Waals surface area contributed by atoms with Gasteiger partial charge in [-0.3, -0.25) is 0 Å². The van der Waals surface area contributed by atoms with Gasteiger partial charge in [-0.15, -0.1) is 0 Å². The molecule has 0 aliphatic heterocycles. The van der Waals surface area contributed by atoms with E-state index in [-0.39, 0.29) is 0 Å². The Balaban J connectivity index is 2.34. The first-order valence-corrected chi connectivity index (χ1v) is 4.45. The number of aromatic amines is 1. The van der Waals surface area contributed by atoms with Crippen LogP contribution in [0.4, 0.5) is 0 Å². The normalized spacial score (nSPS) is 16.1. The average Bonchev–Trinajstić information content (AvgIpc) is 2.37. The van der Waals surface area contributed by atoms with Crippen LogP contribution < -0.4 is 0 Å². The summed E-state index contributed by atoms with van der Waals surface area (Å²) in [4.78, 5) is 3.27. The summed E-state index contributed by atoms with van der Waals surface area (Å²) in [6.07, 6.45) is 5.43. The summed E-state index contributed by atoms with van der Waals surface area (Å²) in [6.45, 7) is 6.81. The first-order valence-electron chi connectivity index (χ1n) is 4.45. The van der Waals surface area contributed by atoms with Crippen molar-refractivity contribution in [3.05, 3.63) is 29.1 Å². The lowest BCUT2D eigenvalue weighted by Crippen LogP contribution is -2.09. The Labute approximate surface area is 73.5 Å². The summed E-state index contributed by atoms with van der Waals surface area (Å²) in [5.41, 5.74) is 4.60. The van der Waals surface area contributed by atoms with Crippen LogP contribution in [-0.4, -0.2) is 4.98 Å². The zero-order chi connectivity index (χ0) is 8.77. The molecule has 12 heavy (non-hydrogen) atoms. The van der Waals surface area contributed by atoms with Crippen LogP contribution in [0.5, 0.6) is 0 Å². The minimum atomic E-state index is 0.319. The predicted octanol–water partition coefficient (Wildman–Crippen LogP) is 3.00. The van der Waals surface area contributed by atoms with E-state index in [0.717, 1.165) is 6.42 Å². The van der Waals surface area contributed by atoms with Crippen molar-refractivity contribution >= 4 is 6.08 Å². The Bertz CT molecular complexity index is 323. The maximum atomic E-state index is 3.27. The third-order valence-electron chi connectivity index (χ3n) is 2.53. The molecule has 0 fully saturated rings. The highest BCUT2D eigenvalue weighted by Gasteiger charge is 2.22. The molecule has 1 aliphatic carbocycles. The molecule has 0 unspecified atom stereocenters. The molecule has 0 saturated carbocycles. The van der Waals surface area contributed by atoms with E-state index in [9.17, 15) is 0 Å². The lowest BCUT2D eigenvalue weighted by Gasteiger charge is -2.19. The Morgan fingerprint density at radius 3 is 2.67 bits per heavy atom. The second-order valence-electron chi connectivity index (χ2n) is 4.51. The van der Waals surface area contributed by atoms with Crippen molar-refractivity contribution < 1.29 is 0 Å². The number of allylic oxidation sites excluding steroid dienone is 1. The minimum absolute atomic E-state index is 0.319. The zero-order valence-electron chi connectivity index (χ0n) is 7.94. The Morgan fingerprint density at radius 1 is 1.33 bits per heavy atom. The number of H-pyrrole nitrogens is 1. The molecule has 0 radical (unpaired) electrons. The van der Waals surface area contributed by atoms with E-state index in [2.05, 4.69) is 37.9 Å². The summed E-state index contributed by atoms with van der Waals surface area (Å²) in [5, 5.41) is 0. The molecule has 1 aromatic rings. The molecule has 0 amide bonds. The van der Waals surface area contributed by atoms with Crippen molar-refractivity contribution in [1.82, 2.24) is 4.98 Å². The molecule has 0 aromatic carbocycles. The average molecular weight is 161 g/mol. The second kappa shape index (κ2) is 2.25. The van der Waals surface area contributed by atoms with E-state index in [1.54, 1.807) is 0 Å². The molecule has 1 heterocycles. The largest absolute Gasteiger partial charge is 0.364 e. The molecule has 1 N–H and O–H groups in total. The molecule has 0 atom stereocenters. The lowest BCUT2D eigenvalue weighted by atomic mass is 9.86. The Hall–Kier alpha value is -0.980. The maximum Gasteiger partial charge on any atom is 0.0262 e. The van der Waals surface area contributed by atoms with Gasteiger partial charge < -0.3 is 4.98 Å². The summed E-state index contributed by atoms with van der Waals surface area (Å²) in [6, 6.07) is 2.15. The van der Waals surface area contributed by atoms with Crippen molar-refractivity contribution in [2.75, 3.05) is 0 Å². The fraction of sp³-hybridized carbons (Fsp3) is 0.455. The fourth-order valence-electron chi connectivity index (χ4n) is 1.62. The summed E-state index contributed by atoms with van der Waals surface area (Å²) in [7, 11) is 0. The number of nitrogens with one attached hydrogen (secondary N) is 1. The summed E-state index contributed by atoms with van der Waals surface area (Å²) < 4.78 is 0. The van der Waals surface area contributed by atoms with Gasteiger partial charge in [0, 0.05) is 18.3 Å². The van der Waals surface area contributed by atoms with Crippen molar-refractivity contribution in [1.29, 1.82) is 0 Å². The quantitative estimate of drug-likeness (QED) is 0.602. The molecule has 64 valence electrons. The van der Waals surface area contributed by atoms with Gasteiger partial charge in [-0.1, -0.05) is 32.4 Å². The molecule has 0 saturated heterocycles. The lowest BCUT2D eigenvalue weighted by molar-refractivity contribution is 0.497. The molecule has 1 aromatic heterocycles. The molecule has 2 rings (SSSR count). The van der Waals surface area contributed by atoms with Crippen LogP contribution in [-0.2, 0) is 6.42 Å². The highest BCUT2D eigenvalue weighted by Crippen LogP contribution is 2.35. The number of fused-ring (bicyclic) bond motifs is 1. The smallest absolute Gasteiger partial charge is 0.0262 e. The molecule has 0 bridgehead atoms. The summed E-state index contributed by atoms with van der Waals surface area (Å²) in [5.74, 6) is 0. The van der Waals surface area contributed by atoms with Gasteiger partial charge in [0.2, 0.25) is 0 Å². The molecule has 0 spiro atoms. The van der Waals surface area contributed by atoms with Crippen molar-refractivity contribution in [3.8, 4) is 0 Å². The highest BCUT2D eigenvalue weighted by molar-refractivity contribution is 5.63. The van der Waals surface area contributed by atoms with Crippen LogP contribution in [0.3, 0.4) is 0 Å². The van der Waals surface area contributed by atoms with Crippen LogP contribution in [0, 0.1) is 5.41 Å². The van der Waals surface area contributed by atoms with Gasteiger partial charge in [0.1, 0.15) is 0 Å².